The highest BCUT2D eigenvalue weighted by atomic mass is 35.5. The third-order valence-electron chi connectivity index (χ3n) is 2.44. The number of esters is 1. The first-order chi connectivity index (χ1) is 8.59. The van der Waals surface area contributed by atoms with Crippen molar-refractivity contribution in [2.24, 2.45) is 0 Å². The van der Waals surface area contributed by atoms with Crippen molar-refractivity contribution in [2.45, 2.75) is 26.2 Å². The molecule has 0 spiro atoms. The molecule has 0 amide bonds. The molecule has 0 aromatic rings. The highest BCUT2D eigenvalue weighted by Crippen LogP contribution is 2.08. The Morgan fingerprint density at radius 3 is 2.78 bits per heavy atom. The van der Waals surface area contributed by atoms with Gasteiger partial charge < -0.3 is 9.47 Å². The first-order valence-electron chi connectivity index (χ1n) is 5.87. The SMILES string of the molecule is C/C1=C\C/C=C(\Cl)COCCCOC(=O)CC1=O. The van der Waals surface area contributed by atoms with Gasteiger partial charge in [-0.1, -0.05) is 23.8 Å². The lowest BCUT2D eigenvalue weighted by Gasteiger charge is -2.07. The Kier molecular flexibility index (Phi) is 6.68. The molecular formula is C13H17ClO4. The van der Waals surface area contributed by atoms with Gasteiger partial charge in [-0.3, -0.25) is 9.59 Å². The molecule has 0 radical (unpaired) electrons. The number of ether oxygens (including phenoxy) is 2. The molecule has 0 atom stereocenters. The van der Waals surface area contributed by atoms with Gasteiger partial charge in [0.15, 0.2) is 5.78 Å². The van der Waals surface area contributed by atoms with E-state index < -0.39 is 5.97 Å². The van der Waals surface area contributed by atoms with Crippen LogP contribution in [0.2, 0.25) is 0 Å². The maximum atomic E-state index is 11.6. The van der Waals surface area contributed by atoms with Crippen molar-refractivity contribution in [3.63, 3.8) is 0 Å². The van der Waals surface area contributed by atoms with Crippen molar-refractivity contribution < 1.29 is 19.1 Å². The number of carbonyl (C=O) groups is 2. The number of hydrogen-bond acceptors (Lipinski definition) is 4. The van der Waals surface area contributed by atoms with E-state index >= 15 is 0 Å². The fourth-order valence-corrected chi connectivity index (χ4v) is 1.54. The molecule has 5 heteroatoms. The van der Waals surface area contributed by atoms with Gasteiger partial charge in [0.05, 0.1) is 19.8 Å². The molecule has 100 valence electrons. The van der Waals surface area contributed by atoms with Crippen LogP contribution in [0, 0.1) is 0 Å². The predicted octanol–water partition coefficient (Wildman–Crippen LogP) is 2.37. The summed E-state index contributed by atoms with van der Waals surface area (Å²) in [7, 11) is 0. The minimum Gasteiger partial charge on any atom is -0.465 e. The van der Waals surface area contributed by atoms with Crippen molar-refractivity contribution in [3.05, 3.63) is 22.8 Å². The Labute approximate surface area is 112 Å². The number of ketones is 1. The number of carbonyl (C=O) groups excluding carboxylic acids is 2. The fraction of sp³-hybridized carbons (Fsp3) is 0.538. The molecule has 0 fully saturated rings. The van der Waals surface area contributed by atoms with Gasteiger partial charge in [0.1, 0.15) is 6.42 Å². The zero-order chi connectivity index (χ0) is 13.4. The van der Waals surface area contributed by atoms with E-state index in [-0.39, 0.29) is 18.8 Å². The molecule has 0 saturated heterocycles. The van der Waals surface area contributed by atoms with E-state index in [0.717, 1.165) is 0 Å². The molecule has 0 aliphatic carbocycles. The summed E-state index contributed by atoms with van der Waals surface area (Å²) in [5.74, 6) is -0.698. The summed E-state index contributed by atoms with van der Waals surface area (Å²) in [6.45, 7) is 2.76. The van der Waals surface area contributed by atoms with Crippen molar-refractivity contribution in [2.75, 3.05) is 19.8 Å². The quantitative estimate of drug-likeness (QED) is 0.502. The molecule has 0 unspecified atom stereocenters. The Balaban J connectivity index is 2.66. The van der Waals surface area contributed by atoms with Gasteiger partial charge in [0.2, 0.25) is 0 Å². The maximum Gasteiger partial charge on any atom is 0.313 e. The molecule has 1 rings (SSSR count). The van der Waals surface area contributed by atoms with Gasteiger partial charge in [-0.25, -0.2) is 0 Å². The summed E-state index contributed by atoms with van der Waals surface area (Å²) in [5, 5.41) is 0.612. The average Bonchev–Trinajstić information content (AvgIpc) is 2.32. The van der Waals surface area contributed by atoms with Crippen LogP contribution >= 0.6 is 11.6 Å². The largest absolute Gasteiger partial charge is 0.465 e. The van der Waals surface area contributed by atoms with E-state index in [1.54, 1.807) is 19.1 Å². The molecule has 1 aliphatic heterocycles. The molecule has 18 heavy (non-hydrogen) atoms. The van der Waals surface area contributed by atoms with Crippen LogP contribution in [0.4, 0.5) is 0 Å². The van der Waals surface area contributed by atoms with E-state index in [2.05, 4.69) is 0 Å². The van der Waals surface area contributed by atoms with Crippen LogP contribution < -0.4 is 0 Å². The molecule has 0 aromatic carbocycles. The standard InChI is InChI=1S/C13H17ClO4/c1-10-4-2-5-11(14)9-17-6-3-7-18-13(16)8-12(10)15/h4-5H,2-3,6-9H2,1H3/b10-4+,11-5-. The van der Waals surface area contributed by atoms with Crippen molar-refractivity contribution in [1.29, 1.82) is 0 Å². The Hall–Kier alpha value is -1.13. The lowest BCUT2D eigenvalue weighted by molar-refractivity contribution is -0.145. The zero-order valence-electron chi connectivity index (χ0n) is 10.4. The van der Waals surface area contributed by atoms with Gasteiger partial charge in [-0.15, -0.1) is 0 Å². The number of rotatable bonds is 0. The van der Waals surface area contributed by atoms with Crippen LogP contribution in [0.25, 0.3) is 0 Å². The van der Waals surface area contributed by atoms with E-state index in [0.29, 0.717) is 36.7 Å². The Morgan fingerprint density at radius 1 is 1.22 bits per heavy atom. The molecule has 1 heterocycles. The smallest absolute Gasteiger partial charge is 0.313 e. The number of cyclic esters (lactones) is 1. The van der Waals surface area contributed by atoms with Crippen LogP contribution in [-0.2, 0) is 19.1 Å². The number of hydrogen-bond donors (Lipinski definition) is 0. The predicted molar refractivity (Wildman–Crippen MR) is 68.3 cm³/mol. The number of halogens is 1. The Bertz CT molecular complexity index is 371. The minimum atomic E-state index is -0.488. The second kappa shape index (κ2) is 8.06. The molecule has 1 aliphatic rings. The minimum absolute atomic E-state index is 0.208. The van der Waals surface area contributed by atoms with Crippen molar-refractivity contribution in [1.82, 2.24) is 0 Å². The first-order valence-corrected chi connectivity index (χ1v) is 6.25. The monoisotopic (exact) mass is 272 g/mol. The van der Waals surface area contributed by atoms with Gasteiger partial charge in [0.25, 0.3) is 0 Å². The summed E-state index contributed by atoms with van der Waals surface area (Å²) in [6.07, 6.45) is 4.47. The van der Waals surface area contributed by atoms with E-state index in [1.165, 1.54) is 0 Å². The van der Waals surface area contributed by atoms with E-state index in [4.69, 9.17) is 21.1 Å². The summed E-state index contributed by atoms with van der Waals surface area (Å²) in [5.41, 5.74) is 0.547. The van der Waals surface area contributed by atoms with Gasteiger partial charge in [-0.05, 0) is 18.9 Å². The molecule has 0 saturated carbocycles. The lowest BCUT2D eigenvalue weighted by atomic mass is 10.1. The van der Waals surface area contributed by atoms with Gasteiger partial charge in [0, 0.05) is 11.5 Å². The third-order valence-corrected chi connectivity index (χ3v) is 2.71. The molecule has 4 nitrogen and oxygen atoms in total. The normalized spacial score (nSPS) is 26.3. The average molecular weight is 273 g/mol. The number of allylic oxidation sites excluding steroid dienone is 3. The third kappa shape index (κ3) is 5.98. The van der Waals surface area contributed by atoms with E-state index in [1.807, 2.05) is 0 Å². The Morgan fingerprint density at radius 2 is 2.00 bits per heavy atom. The highest BCUT2D eigenvalue weighted by molar-refractivity contribution is 6.29. The van der Waals surface area contributed by atoms with Crippen LogP contribution in [0.3, 0.4) is 0 Å². The van der Waals surface area contributed by atoms with Crippen LogP contribution in [0.5, 0.6) is 0 Å². The van der Waals surface area contributed by atoms with Crippen LogP contribution in [-0.4, -0.2) is 31.6 Å². The highest BCUT2D eigenvalue weighted by Gasteiger charge is 2.12. The topological polar surface area (TPSA) is 52.6 Å². The molecular weight excluding hydrogens is 256 g/mol. The molecule has 0 N–H and O–H groups in total. The van der Waals surface area contributed by atoms with Gasteiger partial charge >= 0.3 is 5.97 Å². The first kappa shape index (κ1) is 14.9. The van der Waals surface area contributed by atoms with Crippen molar-refractivity contribution >= 4 is 23.4 Å². The van der Waals surface area contributed by atoms with Crippen molar-refractivity contribution in [3.8, 4) is 0 Å². The summed E-state index contributed by atoms with van der Waals surface area (Å²) in [6, 6.07) is 0. The summed E-state index contributed by atoms with van der Waals surface area (Å²) >= 11 is 5.93. The molecule has 0 bridgehead atoms. The molecule has 0 aromatic heterocycles. The number of Topliss-reactive ketones (excluding diaryl/α,β-unsaturated/α-hetero) is 1. The zero-order valence-corrected chi connectivity index (χ0v) is 11.2. The second-order valence-electron chi connectivity index (χ2n) is 4.00. The van der Waals surface area contributed by atoms with Crippen LogP contribution in [0.1, 0.15) is 26.2 Å². The van der Waals surface area contributed by atoms with Crippen LogP contribution in [0.15, 0.2) is 22.8 Å². The second-order valence-corrected chi connectivity index (χ2v) is 4.49. The summed E-state index contributed by atoms with van der Waals surface area (Å²) in [4.78, 5) is 22.9. The summed E-state index contributed by atoms with van der Waals surface area (Å²) < 4.78 is 10.2. The maximum absolute atomic E-state index is 11.6. The van der Waals surface area contributed by atoms with Gasteiger partial charge in [-0.2, -0.15) is 0 Å². The fourth-order valence-electron chi connectivity index (χ4n) is 1.37. The lowest BCUT2D eigenvalue weighted by Crippen LogP contribution is -2.14. The van der Waals surface area contributed by atoms with E-state index in [9.17, 15) is 9.59 Å².